The van der Waals surface area contributed by atoms with Crippen LogP contribution >= 0.6 is 27.3 Å². The first-order valence-electron chi connectivity index (χ1n) is 11.9. The first-order chi connectivity index (χ1) is 18.8. The zero-order chi connectivity index (χ0) is 27.5. The number of hydrogen-bond donors (Lipinski definition) is 2. The van der Waals surface area contributed by atoms with Gasteiger partial charge in [-0.25, -0.2) is 9.79 Å². The van der Waals surface area contributed by atoms with Crippen LogP contribution in [0, 0.1) is 0 Å². The molecule has 3 aromatic carbocycles. The molecule has 0 saturated carbocycles. The van der Waals surface area contributed by atoms with Crippen LogP contribution in [0.25, 0.3) is 6.08 Å². The number of hydrogen-bond acceptors (Lipinski definition) is 6. The number of carbonyl (C=O) groups excluding carboxylic acids is 1. The molecule has 0 spiro atoms. The van der Waals surface area contributed by atoms with Gasteiger partial charge in [0.15, 0.2) is 11.4 Å². The van der Waals surface area contributed by atoms with E-state index in [1.165, 1.54) is 11.3 Å². The van der Waals surface area contributed by atoms with Crippen LogP contribution in [0.3, 0.4) is 0 Å². The number of halogens is 1. The van der Waals surface area contributed by atoms with E-state index < -0.39 is 18.6 Å². The predicted molar refractivity (Wildman–Crippen MR) is 153 cm³/mol. The van der Waals surface area contributed by atoms with Gasteiger partial charge in [0, 0.05) is 5.69 Å². The van der Waals surface area contributed by atoms with Crippen molar-refractivity contribution in [1.82, 2.24) is 4.57 Å². The molecule has 8 nitrogen and oxygen atoms in total. The zero-order valence-electron chi connectivity index (χ0n) is 20.6. The maximum Gasteiger partial charge on any atom is 0.341 e. The molecule has 0 aliphatic carbocycles. The quantitative estimate of drug-likeness (QED) is 0.330. The number of carboxylic acids is 1. The average Bonchev–Trinajstić information content (AvgIpc) is 3.22. The van der Waals surface area contributed by atoms with Gasteiger partial charge in [-0.05, 0) is 64.3 Å². The second kappa shape index (κ2) is 11.2. The van der Waals surface area contributed by atoms with Gasteiger partial charge in [0.25, 0.3) is 11.5 Å². The number of aromatic nitrogens is 1. The minimum Gasteiger partial charge on any atom is -0.481 e. The van der Waals surface area contributed by atoms with E-state index in [1.807, 2.05) is 48.5 Å². The van der Waals surface area contributed by atoms with E-state index in [2.05, 4.69) is 26.2 Å². The van der Waals surface area contributed by atoms with E-state index in [1.54, 1.807) is 47.9 Å². The fourth-order valence-corrected chi connectivity index (χ4v) is 5.85. The van der Waals surface area contributed by atoms with E-state index >= 15 is 0 Å². The number of anilines is 1. The van der Waals surface area contributed by atoms with Crippen LogP contribution in [-0.2, 0) is 9.59 Å². The highest BCUT2D eigenvalue weighted by atomic mass is 79.9. The Bertz CT molecular complexity index is 1780. The third kappa shape index (κ3) is 5.62. The van der Waals surface area contributed by atoms with Gasteiger partial charge in [0.1, 0.15) is 5.75 Å². The van der Waals surface area contributed by atoms with Crippen LogP contribution in [0.1, 0.15) is 24.1 Å². The molecular formula is C29H22BrN3O5S. The maximum absolute atomic E-state index is 13.8. The third-order valence-corrected chi connectivity index (χ3v) is 7.62. The second-order valence-electron chi connectivity index (χ2n) is 8.68. The number of rotatable bonds is 7. The van der Waals surface area contributed by atoms with Crippen LogP contribution in [0.2, 0.25) is 0 Å². The summed E-state index contributed by atoms with van der Waals surface area (Å²) in [6, 6.07) is 23.0. The van der Waals surface area contributed by atoms with Crippen LogP contribution in [-0.4, -0.2) is 28.2 Å². The fourth-order valence-electron chi connectivity index (χ4n) is 4.30. The molecule has 196 valence electrons. The summed E-state index contributed by atoms with van der Waals surface area (Å²) in [5.74, 6) is -1.02. The van der Waals surface area contributed by atoms with E-state index in [0.29, 0.717) is 42.1 Å². The lowest BCUT2D eigenvalue weighted by molar-refractivity contribution is -0.139. The third-order valence-electron chi connectivity index (χ3n) is 6.02. The number of nitrogens with one attached hydrogen (secondary N) is 1. The summed E-state index contributed by atoms with van der Waals surface area (Å²) in [5, 5.41) is 11.8. The highest BCUT2D eigenvalue weighted by Gasteiger charge is 2.32. The lowest BCUT2D eigenvalue weighted by atomic mass is 9.95. The highest BCUT2D eigenvalue weighted by Crippen LogP contribution is 2.31. The molecule has 0 unspecified atom stereocenters. The van der Waals surface area contributed by atoms with Crippen LogP contribution in [0.5, 0.6) is 5.75 Å². The second-order valence-corrected chi connectivity index (χ2v) is 10.5. The van der Waals surface area contributed by atoms with Gasteiger partial charge < -0.3 is 15.2 Å². The van der Waals surface area contributed by atoms with Crippen LogP contribution in [0.4, 0.5) is 5.69 Å². The van der Waals surface area contributed by atoms with Gasteiger partial charge in [0.05, 0.1) is 26.3 Å². The summed E-state index contributed by atoms with van der Waals surface area (Å²) >= 11 is 4.64. The molecular weight excluding hydrogens is 582 g/mol. The number of para-hydroxylation sites is 1. The lowest BCUT2D eigenvalue weighted by Gasteiger charge is -2.25. The fraction of sp³-hybridized carbons (Fsp3) is 0.103. The molecule has 4 aromatic rings. The Hall–Kier alpha value is -4.28. The minimum atomic E-state index is -1.08. The minimum absolute atomic E-state index is 0.271. The van der Waals surface area contributed by atoms with Gasteiger partial charge in [-0.1, -0.05) is 65.9 Å². The number of carbonyl (C=O) groups is 2. The Kier molecular flexibility index (Phi) is 7.58. The van der Waals surface area contributed by atoms with Crippen molar-refractivity contribution in [2.75, 3.05) is 11.9 Å². The Balaban J connectivity index is 1.58. The molecule has 0 bridgehead atoms. The van der Waals surface area contributed by atoms with Crippen LogP contribution < -0.4 is 24.9 Å². The van der Waals surface area contributed by atoms with Crippen molar-refractivity contribution in [1.29, 1.82) is 0 Å². The predicted octanol–water partition coefficient (Wildman–Crippen LogP) is 4.10. The van der Waals surface area contributed by atoms with Gasteiger partial charge in [-0.3, -0.25) is 14.2 Å². The van der Waals surface area contributed by atoms with Crippen molar-refractivity contribution in [3.8, 4) is 5.75 Å². The smallest absolute Gasteiger partial charge is 0.341 e. The van der Waals surface area contributed by atoms with Crippen molar-refractivity contribution in [3.63, 3.8) is 0 Å². The number of fused-ring (bicyclic) bond motifs is 1. The standard InChI is InChI=1S/C29H22BrN3O5S/c1-17-25(27(36)32-20-10-6-3-7-11-20)26(19-8-4-2-5-9-19)33-28(37)23(39-29(33)31-17)15-18-12-13-22(21(30)14-18)38-16-24(34)35/h2-15,26H,16H2,1H3,(H,32,36)(H,34,35)/b23-15+/t26-/m0/s1. The van der Waals surface area contributed by atoms with E-state index in [4.69, 9.17) is 9.84 Å². The molecule has 0 radical (unpaired) electrons. The molecule has 1 amide bonds. The molecule has 1 aromatic heterocycles. The number of benzene rings is 3. The van der Waals surface area contributed by atoms with Crippen LogP contribution in [0.15, 0.2) is 104 Å². The normalized spacial score (nSPS) is 14.9. The Morgan fingerprint density at radius 1 is 1.10 bits per heavy atom. The zero-order valence-corrected chi connectivity index (χ0v) is 23.0. The molecule has 2 N–H and O–H groups in total. The molecule has 1 aliphatic heterocycles. The van der Waals surface area contributed by atoms with Crippen molar-refractivity contribution in [2.24, 2.45) is 4.99 Å². The number of nitrogens with zero attached hydrogens (tertiary/aromatic N) is 2. The molecule has 1 aliphatic rings. The summed E-state index contributed by atoms with van der Waals surface area (Å²) < 4.78 is 7.83. The molecule has 10 heteroatoms. The largest absolute Gasteiger partial charge is 0.481 e. The number of aliphatic carboxylic acids is 1. The highest BCUT2D eigenvalue weighted by molar-refractivity contribution is 9.10. The van der Waals surface area contributed by atoms with Crippen molar-refractivity contribution >= 4 is 50.9 Å². The van der Waals surface area contributed by atoms with Gasteiger partial charge in [-0.15, -0.1) is 0 Å². The Labute approximate surface area is 235 Å². The monoisotopic (exact) mass is 603 g/mol. The molecule has 39 heavy (non-hydrogen) atoms. The summed E-state index contributed by atoms with van der Waals surface area (Å²) in [4.78, 5) is 43.3. The van der Waals surface area contributed by atoms with Crippen molar-refractivity contribution in [3.05, 3.63) is 125 Å². The van der Waals surface area contributed by atoms with E-state index in [-0.39, 0.29) is 11.5 Å². The van der Waals surface area contributed by atoms with E-state index in [9.17, 15) is 14.4 Å². The molecule has 0 saturated heterocycles. The number of thiazole rings is 1. The van der Waals surface area contributed by atoms with Gasteiger partial charge in [0.2, 0.25) is 0 Å². The molecule has 5 rings (SSSR count). The summed E-state index contributed by atoms with van der Waals surface area (Å²) in [6.07, 6.45) is 1.74. The Morgan fingerprint density at radius 3 is 2.46 bits per heavy atom. The Morgan fingerprint density at radius 2 is 1.79 bits per heavy atom. The first kappa shape index (κ1) is 26.3. The lowest BCUT2D eigenvalue weighted by Crippen LogP contribution is -2.40. The summed E-state index contributed by atoms with van der Waals surface area (Å²) in [7, 11) is 0. The molecule has 1 atom stereocenters. The summed E-state index contributed by atoms with van der Waals surface area (Å²) in [6.45, 7) is 1.31. The van der Waals surface area contributed by atoms with Gasteiger partial charge >= 0.3 is 5.97 Å². The SMILES string of the molecule is CC1=C(C(=O)Nc2ccccc2)[C@H](c2ccccc2)n2c(s/c(=C/c3ccc(OCC(=O)O)c(Br)c3)c2=O)=N1. The first-order valence-corrected chi connectivity index (χ1v) is 13.5. The molecule has 2 heterocycles. The number of carboxylic acid groups (broad SMARTS) is 1. The van der Waals surface area contributed by atoms with Crippen molar-refractivity contribution in [2.45, 2.75) is 13.0 Å². The van der Waals surface area contributed by atoms with Gasteiger partial charge in [-0.2, -0.15) is 0 Å². The van der Waals surface area contributed by atoms with E-state index in [0.717, 1.165) is 5.56 Å². The average molecular weight is 604 g/mol. The summed E-state index contributed by atoms with van der Waals surface area (Å²) in [5.41, 5.74) is 2.81. The number of amides is 1. The topological polar surface area (TPSA) is 110 Å². The maximum atomic E-state index is 13.8. The number of allylic oxidation sites excluding steroid dienone is 1. The van der Waals surface area contributed by atoms with Crippen molar-refractivity contribution < 1.29 is 19.4 Å². The number of ether oxygens (including phenoxy) is 1. The molecule has 0 fully saturated rings.